The summed E-state index contributed by atoms with van der Waals surface area (Å²) in [6.07, 6.45) is 6.62. The van der Waals surface area contributed by atoms with Crippen molar-refractivity contribution in [3.05, 3.63) is 58.8 Å². The number of carbonyl (C=O) groups is 2. The molecule has 0 radical (unpaired) electrons. The van der Waals surface area contributed by atoms with Crippen LogP contribution in [0.15, 0.2) is 53.9 Å². The van der Waals surface area contributed by atoms with Crippen molar-refractivity contribution in [3.8, 4) is 5.75 Å². The quantitative estimate of drug-likeness (QED) is 0.518. The van der Waals surface area contributed by atoms with Crippen molar-refractivity contribution in [2.24, 2.45) is 5.92 Å². The monoisotopic (exact) mass is 327 g/mol. The van der Waals surface area contributed by atoms with Gasteiger partial charge in [0.15, 0.2) is 0 Å². The van der Waals surface area contributed by atoms with Crippen molar-refractivity contribution < 1.29 is 14.3 Å². The third-order valence-corrected chi connectivity index (χ3v) is 4.55. The van der Waals surface area contributed by atoms with Crippen molar-refractivity contribution in [1.82, 2.24) is 0 Å². The maximum absolute atomic E-state index is 12.1. The molecule has 1 aromatic carbocycles. The molecule has 0 saturated carbocycles. The topological polar surface area (TPSA) is 55.4 Å². The number of rotatable bonds is 4. The Balaban J connectivity index is 1.57. The molecule has 0 unspecified atom stereocenters. The predicted octanol–water partition coefficient (Wildman–Crippen LogP) is 4.26. The first-order chi connectivity index (χ1) is 11.2. The van der Waals surface area contributed by atoms with Gasteiger partial charge in [-0.3, -0.25) is 9.59 Å². The molecule has 1 N–H and O–H groups in total. The highest BCUT2D eigenvalue weighted by atomic mass is 32.1. The van der Waals surface area contributed by atoms with Gasteiger partial charge >= 0.3 is 5.97 Å². The molecule has 1 amide bonds. The minimum atomic E-state index is -0.190. The first-order valence-electron chi connectivity index (χ1n) is 7.54. The van der Waals surface area contributed by atoms with Crippen LogP contribution in [0.25, 0.3) is 0 Å². The zero-order chi connectivity index (χ0) is 16.1. The highest BCUT2D eigenvalue weighted by molar-refractivity contribution is 7.12. The average Bonchev–Trinajstić information content (AvgIpc) is 3.12. The molecule has 0 aliphatic heterocycles. The summed E-state index contributed by atoms with van der Waals surface area (Å²) >= 11 is 1.39. The first kappa shape index (κ1) is 15.5. The van der Waals surface area contributed by atoms with Gasteiger partial charge in [-0.1, -0.05) is 18.2 Å². The summed E-state index contributed by atoms with van der Waals surface area (Å²) in [4.78, 5) is 24.7. The van der Waals surface area contributed by atoms with Crippen molar-refractivity contribution in [2.45, 2.75) is 19.3 Å². The summed E-state index contributed by atoms with van der Waals surface area (Å²) < 4.78 is 5.40. The molecular weight excluding hydrogens is 310 g/mol. The number of ether oxygens (including phenoxy) is 1. The van der Waals surface area contributed by atoms with Crippen LogP contribution in [0, 0.1) is 5.92 Å². The van der Waals surface area contributed by atoms with Crippen LogP contribution < -0.4 is 10.1 Å². The maximum Gasteiger partial charge on any atom is 0.314 e. The molecule has 1 atom stereocenters. The van der Waals surface area contributed by atoms with E-state index in [1.807, 2.05) is 17.5 Å². The van der Waals surface area contributed by atoms with E-state index in [1.165, 1.54) is 11.3 Å². The zero-order valence-electron chi connectivity index (χ0n) is 12.5. The number of allylic oxidation sites excluding steroid dienone is 2. The fourth-order valence-corrected chi connectivity index (χ4v) is 3.03. The molecule has 1 heterocycles. The lowest BCUT2D eigenvalue weighted by atomic mass is 9.95. The summed E-state index contributed by atoms with van der Waals surface area (Å²) in [6.45, 7) is 0. The molecule has 2 aromatic rings. The summed E-state index contributed by atoms with van der Waals surface area (Å²) in [5, 5.41) is 4.67. The van der Waals surface area contributed by atoms with E-state index >= 15 is 0 Å². The van der Waals surface area contributed by atoms with Gasteiger partial charge in [0.1, 0.15) is 5.75 Å². The number of esters is 1. The van der Waals surface area contributed by atoms with Crippen LogP contribution in [-0.4, -0.2) is 11.9 Å². The second-order valence-corrected chi connectivity index (χ2v) is 6.31. The minimum absolute atomic E-state index is 0.0572. The molecule has 0 saturated heterocycles. The number of nitrogens with one attached hydrogen (secondary N) is 1. The molecular formula is C18H17NO3S. The van der Waals surface area contributed by atoms with Gasteiger partial charge in [0.25, 0.3) is 5.91 Å². The molecule has 118 valence electrons. The summed E-state index contributed by atoms with van der Waals surface area (Å²) in [5.74, 6) is 0.111. The Morgan fingerprint density at radius 2 is 1.96 bits per heavy atom. The number of benzene rings is 1. The fourth-order valence-electron chi connectivity index (χ4n) is 2.41. The van der Waals surface area contributed by atoms with Crippen LogP contribution >= 0.6 is 11.3 Å². The predicted molar refractivity (Wildman–Crippen MR) is 90.8 cm³/mol. The Morgan fingerprint density at radius 3 is 2.61 bits per heavy atom. The number of anilines is 1. The Labute approximate surface area is 138 Å². The lowest BCUT2D eigenvalue weighted by Gasteiger charge is -2.16. The number of carbonyl (C=O) groups excluding carboxylic acids is 2. The largest absolute Gasteiger partial charge is 0.426 e. The average molecular weight is 327 g/mol. The van der Waals surface area contributed by atoms with E-state index in [4.69, 9.17) is 4.74 Å². The molecule has 1 aliphatic rings. The van der Waals surface area contributed by atoms with Gasteiger partial charge in [-0.2, -0.15) is 0 Å². The molecule has 0 fully saturated rings. The normalized spacial score (nSPS) is 16.8. The van der Waals surface area contributed by atoms with Crippen molar-refractivity contribution in [1.29, 1.82) is 0 Å². The van der Waals surface area contributed by atoms with E-state index in [2.05, 4.69) is 11.4 Å². The molecule has 3 rings (SSSR count). The summed E-state index contributed by atoms with van der Waals surface area (Å²) in [6, 6.07) is 10.5. The molecule has 1 aliphatic carbocycles. The second kappa shape index (κ2) is 7.24. The minimum Gasteiger partial charge on any atom is -0.426 e. The number of amides is 1. The Kier molecular flexibility index (Phi) is 4.88. The van der Waals surface area contributed by atoms with Gasteiger partial charge < -0.3 is 10.1 Å². The Morgan fingerprint density at radius 1 is 1.13 bits per heavy atom. The van der Waals surface area contributed by atoms with Gasteiger partial charge in [-0.15, -0.1) is 11.3 Å². The van der Waals surface area contributed by atoms with Gasteiger partial charge in [0.05, 0.1) is 10.8 Å². The second-order valence-electron chi connectivity index (χ2n) is 5.36. The first-order valence-corrected chi connectivity index (χ1v) is 8.42. The van der Waals surface area contributed by atoms with E-state index in [0.717, 1.165) is 19.3 Å². The number of hydrogen-bond donors (Lipinski definition) is 1. The SMILES string of the molecule is O=C(Nc1ccc(OC(=O)[C@H]2CC=CCC2)cc1)c1cccs1. The third kappa shape index (κ3) is 4.07. The highest BCUT2D eigenvalue weighted by Gasteiger charge is 2.20. The summed E-state index contributed by atoms with van der Waals surface area (Å²) in [7, 11) is 0. The maximum atomic E-state index is 12.1. The summed E-state index contributed by atoms with van der Waals surface area (Å²) in [5.41, 5.74) is 0.670. The van der Waals surface area contributed by atoms with Gasteiger partial charge in [0.2, 0.25) is 0 Å². The van der Waals surface area contributed by atoms with Crippen LogP contribution in [0.3, 0.4) is 0 Å². The van der Waals surface area contributed by atoms with Gasteiger partial charge in [-0.25, -0.2) is 0 Å². The van der Waals surface area contributed by atoms with Crippen LogP contribution in [0.5, 0.6) is 5.75 Å². The third-order valence-electron chi connectivity index (χ3n) is 3.68. The molecule has 23 heavy (non-hydrogen) atoms. The molecule has 0 spiro atoms. The Hall–Kier alpha value is -2.40. The highest BCUT2D eigenvalue weighted by Crippen LogP contribution is 2.23. The van der Waals surface area contributed by atoms with Crippen LogP contribution in [0.2, 0.25) is 0 Å². The van der Waals surface area contributed by atoms with Gasteiger partial charge in [0, 0.05) is 5.69 Å². The Bertz CT molecular complexity index is 704. The van der Waals surface area contributed by atoms with E-state index in [9.17, 15) is 9.59 Å². The van der Waals surface area contributed by atoms with E-state index in [0.29, 0.717) is 16.3 Å². The standard InChI is InChI=1S/C18H17NO3S/c20-17(16-7-4-12-23-16)19-14-8-10-15(11-9-14)22-18(21)13-5-2-1-3-6-13/h1-2,4,7-13H,3,5-6H2,(H,19,20)/t13-/m0/s1. The lowest BCUT2D eigenvalue weighted by Crippen LogP contribution is -2.21. The van der Waals surface area contributed by atoms with Gasteiger partial charge in [-0.05, 0) is 55.0 Å². The van der Waals surface area contributed by atoms with E-state index in [-0.39, 0.29) is 17.8 Å². The molecule has 4 nitrogen and oxygen atoms in total. The smallest absolute Gasteiger partial charge is 0.314 e. The molecule has 0 bridgehead atoms. The van der Waals surface area contributed by atoms with Crippen molar-refractivity contribution in [2.75, 3.05) is 5.32 Å². The zero-order valence-corrected chi connectivity index (χ0v) is 13.3. The van der Waals surface area contributed by atoms with Crippen molar-refractivity contribution >= 4 is 28.9 Å². The molecule has 5 heteroatoms. The fraction of sp³-hybridized carbons (Fsp3) is 0.222. The number of hydrogen-bond acceptors (Lipinski definition) is 4. The molecule has 1 aromatic heterocycles. The van der Waals surface area contributed by atoms with Crippen LogP contribution in [0.1, 0.15) is 28.9 Å². The van der Waals surface area contributed by atoms with E-state index in [1.54, 1.807) is 30.3 Å². The number of thiophene rings is 1. The lowest BCUT2D eigenvalue weighted by molar-refractivity contribution is -0.139. The van der Waals surface area contributed by atoms with Crippen LogP contribution in [0.4, 0.5) is 5.69 Å². The van der Waals surface area contributed by atoms with Crippen LogP contribution in [-0.2, 0) is 4.79 Å². The van der Waals surface area contributed by atoms with E-state index < -0.39 is 0 Å². The van der Waals surface area contributed by atoms with Crippen molar-refractivity contribution in [3.63, 3.8) is 0 Å².